The van der Waals surface area contributed by atoms with Gasteiger partial charge in [0.2, 0.25) is 5.91 Å². The fourth-order valence-corrected chi connectivity index (χ4v) is 3.11. The average Bonchev–Trinajstić information content (AvgIpc) is 2.54. The standard InChI is InChI=1S/C18H25F3N2O.ClH/c1-12(14-4-3-5-16(11-14)18(19,20)21)6-8-23-17(24)15-7-9-22-13(2)10-15;/h3-5,11-13,15,22H,6-10H2,1-2H3,(H,23,24);1H/t12?,13-,15-;/m0./s1. The Morgan fingerprint density at radius 1 is 1.40 bits per heavy atom. The van der Waals surface area contributed by atoms with E-state index in [1.54, 1.807) is 6.07 Å². The Kier molecular flexibility index (Phi) is 8.22. The summed E-state index contributed by atoms with van der Waals surface area (Å²) in [5, 5.41) is 6.24. The number of carbonyl (C=O) groups excluding carboxylic acids is 1. The highest BCUT2D eigenvalue weighted by atomic mass is 35.5. The summed E-state index contributed by atoms with van der Waals surface area (Å²) in [4.78, 5) is 12.2. The molecule has 1 aromatic carbocycles. The van der Waals surface area contributed by atoms with Crippen molar-refractivity contribution in [3.05, 3.63) is 35.4 Å². The highest BCUT2D eigenvalue weighted by Crippen LogP contribution is 2.31. The molecule has 142 valence electrons. The van der Waals surface area contributed by atoms with Crippen molar-refractivity contribution in [3.63, 3.8) is 0 Å². The van der Waals surface area contributed by atoms with Crippen LogP contribution in [0.15, 0.2) is 24.3 Å². The lowest BCUT2D eigenvalue weighted by Gasteiger charge is -2.27. The molecule has 2 rings (SSSR count). The van der Waals surface area contributed by atoms with Gasteiger partial charge >= 0.3 is 6.18 Å². The topological polar surface area (TPSA) is 41.1 Å². The first-order valence-corrected chi connectivity index (χ1v) is 8.45. The third-order valence-corrected chi connectivity index (χ3v) is 4.65. The van der Waals surface area contributed by atoms with Crippen LogP contribution in [0.1, 0.15) is 50.2 Å². The van der Waals surface area contributed by atoms with Crippen molar-refractivity contribution < 1.29 is 18.0 Å². The largest absolute Gasteiger partial charge is 0.416 e. The first kappa shape index (κ1) is 21.8. The normalized spacial score (nSPS) is 22.0. The minimum Gasteiger partial charge on any atom is -0.356 e. The van der Waals surface area contributed by atoms with Crippen molar-refractivity contribution in [2.45, 2.75) is 51.2 Å². The molecule has 1 aliphatic heterocycles. The van der Waals surface area contributed by atoms with E-state index in [2.05, 4.69) is 17.6 Å². The SMILES string of the molecule is CC(CCNC(=O)[C@H]1CCN[C@@H](C)C1)c1cccc(C(F)(F)F)c1.Cl. The lowest BCUT2D eigenvalue weighted by Crippen LogP contribution is -2.42. The van der Waals surface area contributed by atoms with Crippen LogP contribution in [-0.4, -0.2) is 25.0 Å². The highest BCUT2D eigenvalue weighted by Gasteiger charge is 2.30. The van der Waals surface area contributed by atoms with Gasteiger partial charge in [0.1, 0.15) is 0 Å². The molecule has 3 nitrogen and oxygen atoms in total. The Labute approximate surface area is 153 Å². The number of hydrogen-bond acceptors (Lipinski definition) is 2. The van der Waals surface area contributed by atoms with Crippen molar-refractivity contribution in [1.29, 1.82) is 0 Å². The third kappa shape index (κ3) is 6.51. The molecule has 1 heterocycles. The molecule has 1 aromatic rings. The van der Waals surface area contributed by atoms with Crippen molar-refractivity contribution in [3.8, 4) is 0 Å². The smallest absolute Gasteiger partial charge is 0.356 e. The van der Waals surface area contributed by atoms with E-state index in [4.69, 9.17) is 0 Å². The van der Waals surface area contributed by atoms with E-state index in [0.29, 0.717) is 24.6 Å². The Balaban J connectivity index is 0.00000312. The molecule has 2 N–H and O–H groups in total. The van der Waals surface area contributed by atoms with E-state index in [-0.39, 0.29) is 30.2 Å². The first-order valence-electron chi connectivity index (χ1n) is 8.45. The average molecular weight is 379 g/mol. The molecule has 7 heteroatoms. The number of rotatable bonds is 5. The van der Waals surface area contributed by atoms with Crippen LogP contribution in [0.3, 0.4) is 0 Å². The lowest BCUT2D eigenvalue weighted by molar-refractivity contribution is -0.137. The Morgan fingerprint density at radius 3 is 2.76 bits per heavy atom. The van der Waals surface area contributed by atoms with Crippen LogP contribution in [0.2, 0.25) is 0 Å². The minimum atomic E-state index is -4.32. The molecule has 1 fully saturated rings. The zero-order valence-electron chi connectivity index (χ0n) is 14.5. The summed E-state index contributed by atoms with van der Waals surface area (Å²) < 4.78 is 38.3. The molecule has 0 bridgehead atoms. The van der Waals surface area contributed by atoms with Crippen molar-refractivity contribution >= 4 is 18.3 Å². The molecule has 0 saturated carbocycles. The van der Waals surface area contributed by atoms with E-state index in [9.17, 15) is 18.0 Å². The van der Waals surface area contributed by atoms with Crippen LogP contribution in [-0.2, 0) is 11.0 Å². The van der Waals surface area contributed by atoms with E-state index < -0.39 is 11.7 Å². The highest BCUT2D eigenvalue weighted by molar-refractivity contribution is 5.85. The monoisotopic (exact) mass is 378 g/mol. The molecule has 1 amide bonds. The summed E-state index contributed by atoms with van der Waals surface area (Å²) in [5.74, 6) is 0.0456. The third-order valence-electron chi connectivity index (χ3n) is 4.65. The Morgan fingerprint density at radius 2 is 2.12 bits per heavy atom. The van der Waals surface area contributed by atoms with Gasteiger partial charge < -0.3 is 10.6 Å². The molecular weight excluding hydrogens is 353 g/mol. The zero-order valence-corrected chi connectivity index (χ0v) is 15.3. The van der Waals surface area contributed by atoms with Crippen molar-refractivity contribution in [2.75, 3.05) is 13.1 Å². The van der Waals surface area contributed by atoms with Crippen LogP contribution < -0.4 is 10.6 Å². The summed E-state index contributed by atoms with van der Waals surface area (Å²) >= 11 is 0. The summed E-state index contributed by atoms with van der Waals surface area (Å²) in [7, 11) is 0. The number of amides is 1. The van der Waals surface area contributed by atoms with Crippen LogP contribution >= 0.6 is 12.4 Å². The fraction of sp³-hybridized carbons (Fsp3) is 0.611. The summed E-state index contributed by atoms with van der Waals surface area (Å²) in [6, 6.07) is 5.76. The number of benzene rings is 1. The maximum Gasteiger partial charge on any atom is 0.416 e. The van der Waals surface area contributed by atoms with Crippen LogP contribution in [0.4, 0.5) is 13.2 Å². The molecular formula is C18H26ClF3N2O. The van der Waals surface area contributed by atoms with Gasteiger partial charge in [0.25, 0.3) is 0 Å². The molecule has 0 aliphatic carbocycles. The second-order valence-corrected chi connectivity index (χ2v) is 6.68. The maximum absolute atomic E-state index is 12.8. The predicted molar refractivity (Wildman–Crippen MR) is 94.9 cm³/mol. The van der Waals surface area contributed by atoms with Gasteiger partial charge in [0.05, 0.1) is 5.56 Å². The van der Waals surface area contributed by atoms with E-state index in [1.165, 1.54) is 12.1 Å². The van der Waals surface area contributed by atoms with Crippen LogP contribution in [0.25, 0.3) is 0 Å². The molecule has 1 aliphatic rings. The van der Waals surface area contributed by atoms with Gasteiger partial charge in [0, 0.05) is 18.5 Å². The van der Waals surface area contributed by atoms with Crippen LogP contribution in [0, 0.1) is 5.92 Å². The molecule has 1 unspecified atom stereocenters. The number of nitrogens with one attached hydrogen (secondary N) is 2. The van der Waals surface area contributed by atoms with Crippen LogP contribution in [0.5, 0.6) is 0 Å². The Hall–Kier alpha value is -1.27. The van der Waals surface area contributed by atoms with Crippen molar-refractivity contribution in [2.24, 2.45) is 5.92 Å². The van der Waals surface area contributed by atoms with Gasteiger partial charge in [0.15, 0.2) is 0 Å². The van der Waals surface area contributed by atoms with E-state index >= 15 is 0 Å². The number of hydrogen-bond donors (Lipinski definition) is 2. The molecule has 25 heavy (non-hydrogen) atoms. The van der Waals surface area contributed by atoms with Crippen molar-refractivity contribution in [1.82, 2.24) is 10.6 Å². The number of piperidine rings is 1. The summed E-state index contributed by atoms with van der Waals surface area (Å²) in [6.07, 6.45) is -2.04. The second kappa shape index (κ2) is 9.43. The van der Waals surface area contributed by atoms with Gasteiger partial charge in [-0.25, -0.2) is 0 Å². The molecule has 3 atom stereocenters. The quantitative estimate of drug-likeness (QED) is 0.809. The van der Waals surface area contributed by atoms with Gasteiger partial charge in [-0.05, 0) is 50.3 Å². The number of carbonyl (C=O) groups is 1. The second-order valence-electron chi connectivity index (χ2n) is 6.68. The molecule has 1 saturated heterocycles. The van der Waals surface area contributed by atoms with Gasteiger partial charge in [-0.2, -0.15) is 13.2 Å². The summed E-state index contributed by atoms with van der Waals surface area (Å²) in [5.41, 5.74) is 0.0224. The Bertz CT molecular complexity index is 565. The van der Waals surface area contributed by atoms with Gasteiger partial charge in [-0.3, -0.25) is 4.79 Å². The fourth-order valence-electron chi connectivity index (χ4n) is 3.11. The zero-order chi connectivity index (χ0) is 17.7. The number of alkyl halides is 3. The maximum atomic E-state index is 12.8. The van der Waals surface area contributed by atoms with E-state index in [1.807, 2.05) is 6.92 Å². The predicted octanol–water partition coefficient (Wildman–Crippen LogP) is 4.13. The molecule has 0 spiro atoms. The van der Waals surface area contributed by atoms with Gasteiger partial charge in [-0.15, -0.1) is 12.4 Å². The molecule has 0 radical (unpaired) electrons. The first-order chi connectivity index (χ1) is 11.3. The molecule has 0 aromatic heterocycles. The minimum absolute atomic E-state index is 0. The number of halogens is 4. The van der Waals surface area contributed by atoms with E-state index in [0.717, 1.165) is 25.5 Å². The lowest BCUT2D eigenvalue weighted by atomic mass is 9.92. The summed E-state index contributed by atoms with van der Waals surface area (Å²) in [6.45, 7) is 5.28. The van der Waals surface area contributed by atoms with Gasteiger partial charge in [-0.1, -0.05) is 25.1 Å².